The molecule has 2 N–H and O–H groups in total. The van der Waals surface area contributed by atoms with Gasteiger partial charge in [-0.05, 0) is 45.3 Å². The number of rotatable bonds is 1. The van der Waals surface area contributed by atoms with Crippen LogP contribution in [0.4, 0.5) is 5.69 Å². The van der Waals surface area contributed by atoms with Gasteiger partial charge in [-0.2, -0.15) is 0 Å². The quantitative estimate of drug-likeness (QED) is 0.233. The van der Waals surface area contributed by atoms with Crippen LogP contribution in [0.1, 0.15) is 27.7 Å². The van der Waals surface area contributed by atoms with Crippen molar-refractivity contribution in [1.29, 1.82) is 0 Å². The zero-order valence-electron chi connectivity index (χ0n) is 16.8. The normalized spacial score (nSPS) is 18.1. The van der Waals surface area contributed by atoms with E-state index in [-0.39, 0.29) is 5.43 Å². The van der Waals surface area contributed by atoms with Gasteiger partial charge >= 0.3 is 7.12 Å². The second kappa shape index (κ2) is 5.81. The molecule has 146 valence electrons. The van der Waals surface area contributed by atoms with Gasteiger partial charge in [0.15, 0.2) is 16.8 Å². The molecule has 0 amide bonds. The molecule has 2 heterocycles. The lowest BCUT2D eigenvalue weighted by atomic mass is 9.78. The minimum atomic E-state index is -0.531. The summed E-state index contributed by atoms with van der Waals surface area (Å²) in [6.45, 7) is 8.02. The molecule has 1 aliphatic carbocycles. The number of nitrogens with zero attached hydrogens (tertiary/aromatic N) is 1. The van der Waals surface area contributed by atoms with Crippen LogP contribution >= 0.6 is 0 Å². The van der Waals surface area contributed by atoms with Crippen LogP contribution in [0.25, 0.3) is 33.3 Å². The Balaban J connectivity index is 1.69. The van der Waals surface area contributed by atoms with E-state index in [0.29, 0.717) is 33.6 Å². The first kappa shape index (κ1) is 18.2. The highest BCUT2D eigenvalue weighted by Crippen LogP contribution is 2.37. The molecule has 0 bridgehead atoms. The average molecular weight is 388 g/mol. The van der Waals surface area contributed by atoms with Crippen LogP contribution in [0.5, 0.6) is 0 Å². The molecule has 2 aromatic carbocycles. The van der Waals surface area contributed by atoms with Crippen LogP contribution in [-0.4, -0.2) is 23.3 Å². The highest BCUT2D eigenvalue weighted by Gasteiger charge is 2.51. The Morgan fingerprint density at radius 1 is 0.931 bits per heavy atom. The Labute approximate surface area is 168 Å². The molecule has 2 aromatic rings. The van der Waals surface area contributed by atoms with Crippen molar-refractivity contribution in [3.8, 4) is 11.5 Å². The van der Waals surface area contributed by atoms with Crippen LogP contribution in [0, 0.1) is 0 Å². The van der Waals surface area contributed by atoms with Gasteiger partial charge in [-0.1, -0.05) is 18.2 Å². The number of nitrogen functional groups attached to an aromatic ring is 1. The molecule has 3 aliphatic rings. The highest BCUT2D eigenvalue weighted by atomic mass is 16.7. The van der Waals surface area contributed by atoms with Crippen LogP contribution in [-0.2, 0) is 9.31 Å². The first-order valence-electron chi connectivity index (χ1n) is 9.57. The number of fused-ring (bicyclic) bond motifs is 4. The number of benzene rings is 3. The van der Waals surface area contributed by atoms with Crippen LogP contribution in [0.2, 0.25) is 0 Å². The predicted molar refractivity (Wildman–Crippen MR) is 115 cm³/mol. The topological polar surface area (TPSA) is 87.6 Å². The van der Waals surface area contributed by atoms with E-state index < -0.39 is 18.3 Å². The first-order valence-corrected chi connectivity index (χ1v) is 9.57. The molecule has 0 aromatic heterocycles. The number of anilines is 1. The van der Waals surface area contributed by atoms with E-state index in [0.717, 1.165) is 10.8 Å². The number of hydrogen-bond donors (Lipinski definition) is 1. The fourth-order valence-corrected chi connectivity index (χ4v) is 3.63. The molecule has 0 saturated carbocycles. The largest absolute Gasteiger partial charge is 0.494 e. The third-order valence-electron chi connectivity index (χ3n) is 6.02. The molecular formula is C22H21BN2O4. The van der Waals surface area contributed by atoms with Crippen LogP contribution in [0.15, 0.2) is 51.7 Å². The van der Waals surface area contributed by atoms with Crippen molar-refractivity contribution in [2.75, 3.05) is 5.73 Å². The zero-order chi connectivity index (χ0) is 20.6. The van der Waals surface area contributed by atoms with Crippen molar-refractivity contribution < 1.29 is 13.7 Å². The summed E-state index contributed by atoms with van der Waals surface area (Å²) < 4.78 is 18.2. The van der Waals surface area contributed by atoms with Crippen molar-refractivity contribution >= 4 is 40.1 Å². The smallest absolute Gasteiger partial charge is 0.453 e. The van der Waals surface area contributed by atoms with E-state index in [1.807, 2.05) is 52.0 Å². The van der Waals surface area contributed by atoms with Crippen molar-refractivity contribution in [3.05, 3.63) is 52.7 Å². The Morgan fingerprint density at radius 3 is 2.38 bits per heavy atom. The monoisotopic (exact) mass is 388 g/mol. The van der Waals surface area contributed by atoms with E-state index in [2.05, 4.69) is 0 Å². The summed E-state index contributed by atoms with van der Waals surface area (Å²) in [4.78, 5) is 17.5. The number of nitrogens with two attached hydrogens (primary N) is 1. The molecule has 2 aliphatic heterocycles. The van der Waals surface area contributed by atoms with E-state index >= 15 is 0 Å². The molecule has 1 fully saturated rings. The van der Waals surface area contributed by atoms with Gasteiger partial charge in [0.25, 0.3) is 0 Å². The first-order chi connectivity index (χ1) is 13.6. The van der Waals surface area contributed by atoms with Gasteiger partial charge in [0.1, 0.15) is 11.2 Å². The molecule has 5 rings (SSSR count). The van der Waals surface area contributed by atoms with Gasteiger partial charge < -0.3 is 19.5 Å². The van der Waals surface area contributed by atoms with Gasteiger partial charge in [0.05, 0.1) is 11.2 Å². The van der Waals surface area contributed by atoms with Crippen molar-refractivity contribution in [2.45, 2.75) is 38.9 Å². The molecule has 7 heteroatoms. The third-order valence-corrected chi connectivity index (χ3v) is 6.02. The number of aromatic nitrogens is 1. The third kappa shape index (κ3) is 2.73. The Bertz CT molecular complexity index is 1300. The van der Waals surface area contributed by atoms with Gasteiger partial charge in [0.2, 0.25) is 0 Å². The molecule has 6 nitrogen and oxygen atoms in total. The molecule has 29 heavy (non-hydrogen) atoms. The molecular weight excluding hydrogens is 367 g/mol. The van der Waals surface area contributed by atoms with Crippen LogP contribution in [0.3, 0.4) is 0 Å². The fourth-order valence-electron chi connectivity index (χ4n) is 3.63. The maximum absolute atomic E-state index is 12.8. The Hall–Kier alpha value is -2.90. The van der Waals surface area contributed by atoms with Crippen molar-refractivity contribution in [2.24, 2.45) is 0 Å². The second-order valence-electron chi connectivity index (χ2n) is 8.56. The second-order valence-corrected chi connectivity index (χ2v) is 8.56. The molecule has 1 saturated heterocycles. The summed E-state index contributed by atoms with van der Waals surface area (Å²) in [5.41, 5.74) is 8.05. The summed E-state index contributed by atoms with van der Waals surface area (Å²) in [6, 6.07) is 12.4. The molecule has 0 unspecified atom stereocenters. The SMILES string of the molecule is CC1(C)OB(c2ccc3c4nc5ccc(N)cc5oc-4cc(=O)c3c2)OC1(C)C. The average Bonchev–Trinajstić information content (AvgIpc) is 2.87. The van der Waals surface area contributed by atoms with E-state index in [4.69, 9.17) is 24.4 Å². The van der Waals surface area contributed by atoms with E-state index in [9.17, 15) is 4.79 Å². The van der Waals surface area contributed by atoms with Gasteiger partial charge in [0, 0.05) is 28.6 Å². The van der Waals surface area contributed by atoms with Gasteiger partial charge in [-0.25, -0.2) is 4.98 Å². The minimum absolute atomic E-state index is 0.139. The number of hydrogen-bond acceptors (Lipinski definition) is 6. The maximum atomic E-state index is 12.8. The Morgan fingerprint density at radius 2 is 1.66 bits per heavy atom. The molecule has 0 radical (unpaired) electrons. The van der Waals surface area contributed by atoms with E-state index in [1.165, 1.54) is 6.07 Å². The van der Waals surface area contributed by atoms with Crippen molar-refractivity contribution in [1.82, 2.24) is 4.98 Å². The molecule has 0 atom stereocenters. The summed E-state index contributed by atoms with van der Waals surface area (Å²) in [7, 11) is -0.531. The summed E-state index contributed by atoms with van der Waals surface area (Å²) in [5.74, 6) is 0.434. The maximum Gasteiger partial charge on any atom is 0.494 e. The van der Waals surface area contributed by atoms with Crippen LogP contribution < -0.4 is 16.6 Å². The van der Waals surface area contributed by atoms with E-state index in [1.54, 1.807) is 12.1 Å². The lowest BCUT2D eigenvalue weighted by Crippen LogP contribution is -2.41. The highest BCUT2D eigenvalue weighted by molar-refractivity contribution is 6.62. The summed E-state index contributed by atoms with van der Waals surface area (Å²) in [5, 5.41) is 1.29. The lowest BCUT2D eigenvalue weighted by Gasteiger charge is -2.32. The van der Waals surface area contributed by atoms with Gasteiger partial charge in [-0.15, -0.1) is 0 Å². The summed E-state index contributed by atoms with van der Waals surface area (Å²) >= 11 is 0. The standard InChI is InChI=1S/C22H21BN2O4/c1-21(2)22(3,4)29-23(28-21)12-5-7-14-15(9-12)17(26)11-19-20(14)25-16-8-6-13(24)10-18(16)27-19/h5-11H,24H2,1-4H3. The Kier molecular flexibility index (Phi) is 3.64. The summed E-state index contributed by atoms with van der Waals surface area (Å²) in [6.07, 6.45) is 0. The van der Waals surface area contributed by atoms with Gasteiger partial charge in [-0.3, -0.25) is 4.79 Å². The lowest BCUT2D eigenvalue weighted by molar-refractivity contribution is 0.00578. The minimum Gasteiger partial charge on any atom is -0.453 e. The predicted octanol–water partition coefficient (Wildman–Crippen LogP) is 3.33. The molecule has 0 spiro atoms. The zero-order valence-corrected chi connectivity index (χ0v) is 16.8. The fraction of sp³-hybridized carbons (Fsp3) is 0.273. The van der Waals surface area contributed by atoms with Crippen molar-refractivity contribution in [3.63, 3.8) is 0 Å².